The van der Waals surface area contributed by atoms with Gasteiger partial charge in [0.1, 0.15) is 5.69 Å². The van der Waals surface area contributed by atoms with Crippen LogP contribution in [0.5, 0.6) is 0 Å². The molecule has 0 spiro atoms. The van der Waals surface area contributed by atoms with Gasteiger partial charge < -0.3 is 5.73 Å². The highest BCUT2D eigenvalue weighted by atomic mass is 19.2. The Labute approximate surface area is 252 Å². The van der Waals surface area contributed by atoms with Crippen LogP contribution in [0.25, 0.3) is 0 Å². The van der Waals surface area contributed by atoms with Gasteiger partial charge in [-0.2, -0.15) is 0 Å². The van der Waals surface area contributed by atoms with Crippen molar-refractivity contribution >= 4 is 5.69 Å². The van der Waals surface area contributed by atoms with E-state index in [0.29, 0.717) is 0 Å². The second-order valence-corrected chi connectivity index (χ2v) is 8.37. The van der Waals surface area contributed by atoms with Gasteiger partial charge in [-0.25, -0.2) is 87.8 Å². The van der Waals surface area contributed by atoms with Gasteiger partial charge in [0.05, 0.1) is 5.92 Å². The molecule has 0 saturated carbocycles. The highest BCUT2D eigenvalue weighted by Crippen LogP contribution is 2.44. The van der Waals surface area contributed by atoms with E-state index in [4.69, 9.17) is 0 Å². The Bertz CT molecular complexity index is 1560. The van der Waals surface area contributed by atoms with Crippen molar-refractivity contribution < 1.29 is 87.8 Å². The molecule has 0 atom stereocenters. The first kappa shape index (κ1) is 39.5. The van der Waals surface area contributed by atoms with E-state index in [1.807, 2.05) is 13.8 Å². The van der Waals surface area contributed by atoms with Crippen molar-refractivity contribution in [2.24, 2.45) is 0 Å². The second kappa shape index (κ2) is 14.6. The van der Waals surface area contributed by atoms with Crippen LogP contribution in [-0.4, -0.2) is 0 Å². The van der Waals surface area contributed by atoms with Crippen molar-refractivity contribution in [1.82, 2.24) is 0 Å². The number of nitrogens with two attached hydrogens (primary N) is 1. The number of hydrogen-bond acceptors (Lipinski definition) is 1. The minimum Gasteiger partial charge on any atom is -0.394 e. The lowest BCUT2D eigenvalue weighted by molar-refractivity contribution is 0.346. The van der Waals surface area contributed by atoms with Crippen molar-refractivity contribution in [1.29, 1.82) is 0 Å². The van der Waals surface area contributed by atoms with Crippen molar-refractivity contribution in [3.8, 4) is 0 Å². The van der Waals surface area contributed by atoms with Crippen molar-refractivity contribution in [3.05, 3.63) is 133 Å². The van der Waals surface area contributed by atoms with Gasteiger partial charge in [0, 0.05) is 16.7 Å². The molecule has 0 amide bonds. The van der Waals surface area contributed by atoms with Gasteiger partial charge in [-0.3, -0.25) is 0 Å². The molecule has 262 valence electrons. The van der Waals surface area contributed by atoms with Crippen LogP contribution in [-0.2, 0) is 0 Å². The molecule has 0 radical (unpaired) electrons. The molecule has 0 aliphatic rings. The Morgan fingerprint density at radius 1 is 0.250 bits per heavy atom. The Morgan fingerprint density at radius 2 is 0.375 bits per heavy atom. The number of halogens is 20. The Balaban J connectivity index is 0.000000478. The molecule has 48 heavy (non-hydrogen) atoms. The van der Waals surface area contributed by atoms with Gasteiger partial charge >= 0.3 is 0 Å². The smallest absolute Gasteiger partial charge is 0.200 e. The number of hydrogen-bond donors (Lipinski definition) is 1. The highest BCUT2D eigenvalue weighted by molar-refractivity contribution is 5.48. The van der Waals surface area contributed by atoms with E-state index in [9.17, 15) is 87.8 Å². The first-order valence-corrected chi connectivity index (χ1v) is 11.9. The summed E-state index contributed by atoms with van der Waals surface area (Å²) in [5.41, 5.74) is -4.85. The summed E-state index contributed by atoms with van der Waals surface area (Å²) in [7, 11) is 0. The fraction of sp³-hybridized carbons (Fsp3) is 0.111. The Morgan fingerprint density at radius 3 is 0.542 bits per heavy atom. The lowest BCUT2D eigenvalue weighted by Gasteiger charge is -2.23. The van der Waals surface area contributed by atoms with Gasteiger partial charge in [0.15, 0.2) is 93.1 Å². The third-order valence-electron chi connectivity index (χ3n) is 5.84. The third kappa shape index (κ3) is 6.28. The number of benzene rings is 4. The zero-order valence-corrected chi connectivity index (χ0v) is 22.7. The maximum absolute atomic E-state index is 14.4. The van der Waals surface area contributed by atoms with Crippen LogP contribution in [0.4, 0.5) is 93.5 Å². The molecule has 4 rings (SSSR count). The monoisotopic (exact) mass is 727 g/mol. The number of anilines is 1. The van der Waals surface area contributed by atoms with Gasteiger partial charge in [0.25, 0.3) is 0 Å². The molecule has 21 heteroatoms. The van der Waals surface area contributed by atoms with Crippen molar-refractivity contribution in [2.45, 2.75) is 19.8 Å². The minimum absolute atomic E-state index is 1.37. The van der Waals surface area contributed by atoms with Crippen LogP contribution in [0.3, 0.4) is 0 Å². The maximum Gasteiger partial charge on any atom is 0.200 e. The van der Waals surface area contributed by atoms with Crippen LogP contribution in [0, 0.1) is 116 Å². The van der Waals surface area contributed by atoms with Gasteiger partial charge in [-0.05, 0) is 0 Å². The van der Waals surface area contributed by atoms with Crippen LogP contribution in [0.1, 0.15) is 36.5 Å². The highest BCUT2D eigenvalue weighted by Gasteiger charge is 2.42. The van der Waals surface area contributed by atoms with E-state index in [-0.39, 0.29) is 0 Å². The fourth-order valence-corrected chi connectivity index (χ4v) is 3.68. The fourth-order valence-electron chi connectivity index (χ4n) is 3.68. The molecule has 0 heterocycles. The summed E-state index contributed by atoms with van der Waals surface area (Å²) in [6.45, 7) is 4.00. The average Bonchev–Trinajstić information content (AvgIpc) is 3.08. The first-order chi connectivity index (χ1) is 22.1. The lowest BCUT2D eigenvalue weighted by Crippen LogP contribution is -2.22. The summed E-state index contributed by atoms with van der Waals surface area (Å²) in [5, 5.41) is 0. The molecule has 0 fully saturated rings. The van der Waals surface area contributed by atoms with Gasteiger partial charge in [0.2, 0.25) is 23.3 Å². The summed E-state index contributed by atoms with van der Waals surface area (Å²) >= 11 is 0. The van der Waals surface area contributed by atoms with E-state index in [2.05, 4.69) is 5.73 Å². The molecule has 0 saturated heterocycles. The molecule has 0 aromatic heterocycles. The normalized spacial score (nSPS) is 11.0. The molecule has 1 nitrogen and oxygen atoms in total. The quantitative estimate of drug-likeness (QED) is 0.0735. The molecule has 4 aromatic carbocycles. The van der Waals surface area contributed by atoms with E-state index >= 15 is 0 Å². The summed E-state index contributed by atoms with van der Waals surface area (Å²) in [5.74, 6) is -59.5. The Kier molecular flexibility index (Phi) is 12.0. The van der Waals surface area contributed by atoms with Crippen LogP contribution in [0.15, 0.2) is 0 Å². The molecule has 0 aliphatic carbocycles. The van der Waals surface area contributed by atoms with Crippen LogP contribution in [0.2, 0.25) is 0 Å². The van der Waals surface area contributed by atoms with Crippen LogP contribution >= 0.6 is 0 Å². The van der Waals surface area contributed by atoms with Crippen molar-refractivity contribution in [3.63, 3.8) is 0 Å². The summed E-state index contributed by atoms with van der Waals surface area (Å²) in [4.78, 5) is 0. The minimum atomic E-state index is -3.96. The van der Waals surface area contributed by atoms with E-state index in [0.717, 1.165) is 0 Å². The molecular weight excluding hydrogens is 718 g/mol. The zero-order chi connectivity index (χ0) is 37.4. The van der Waals surface area contributed by atoms with Crippen LogP contribution < -0.4 is 5.73 Å². The molecule has 2 N–H and O–H groups in total. The third-order valence-corrected chi connectivity index (χ3v) is 5.84. The van der Waals surface area contributed by atoms with E-state index < -0.39 is 145 Å². The molecule has 0 bridgehead atoms. The standard InChI is InChI=1S/C19HF15.C6H2F5N.C2H6/c20-5-2(6(21)12(27)17(32)11(5)26)1(3-7(22)13(28)18(33)14(29)8(3)23)4-9(24)15(30)19(34)16(31)10(4)25;7-1-2(8)4(10)6(12)5(11)3(1)9;1-2/h1H;12H2;1-2H3. The molecule has 0 aliphatic heterocycles. The number of nitrogen functional groups attached to an aromatic ring is 1. The lowest BCUT2D eigenvalue weighted by atomic mass is 9.82. The Hall–Kier alpha value is -4.72. The van der Waals surface area contributed by atoms with E-state index in [1.165, 1.54) is 0 Å². The van der Waals surface area contributed by atoms with Gasteiger partial charge in [-0.15, -0.1) is 0 Å². The predicted molar refractivity (Wildman–Crippen MR) is 122 cm³/mol. The second-order valence-electron chi connectivity index (χ2n) is 8.37. The first-order valence-electron chi connectivity index (χ1n) is 11.9. The molecular formula is C27H9F20N. The topological polar surface area (TPSA) is 26.0 Å². The summed E-state index contributed by atoms with van der Waals surface area (Å²) < 4.78 is 270. The SMILES string of the molecule is CC.Fc1c(F)c(F)c(C(c2c(F)c(F)c(F)c(F)c2F)c2c(F)c(F)c(F)c(F)c2F)c(F)c1F.Nc1c(F)c(F)c(F)c(F)c1F. The average molecular weight is 727 g/mol. The predicted octanol–water partition coefficient (Wildman–Crippen LogP) is 9.94. The van der Waals surface area contributed by atoms with Crippen molar-refractivity contribution in [2.75, 3.05) is 5.73 Å². The molecule has 0 unspecified atom stereocenters. The maximum atomic E-state index is 14.4. The molecule has 4 aromatic rings. The van der Waals surface area contributed by atoms with E-state index in [1.54, 1.807) is 0 Å². The summed E-state index contributed by atoms with van der Waals surface area (Å²) in [6, 6.07) is 0. The largest absolute Gasteiger partial charge is 0.394 e. The van der Waals surface area contributed by atoms with Gasteiger partial charge in [-0.1, -0.05) is 13.8 Å². The number of rotatable bonds is 3. The summed E-state index contributed by atoms with van der Waals surface area (Å²) in [6.07, 6.45) is 0. The zero-order valence-electron chi connectivity index (χ0n) is 22.7.